The molecule has 8 heteroatoms. The molecule has 12 rings (SSSR count). The third kappa shape index (κ3) is 6.63. The Kier molecular flexibility index (Phi) is 9.59. The Morgan fingerprint density at radius 3 is 1.44 bits per heavy atom. The van der Waals surface area contributed by atoms with Gasteiger partial charge in [-0.25, -0.2) is 0 Å². The quantitative estimate of drug-likeness (QED) is 0.160. The Morgan fingerprint density at radius 1 is 0.397 bits per heavy atom. The van der Waals surface area contributed by atoms with Gasteiger partial charge in [0, 0.05) is 61.8 Å². The van der Waals surface area contributed by atoms with E-state index in [0.29, 0.717) is 38.8 Å². The summed E-state index contributed by atoms with van der Waals surface area (Å²) in [5, 5.41) is 13.3. The molecule has 0 bridgehead atoms. The number of para-hydroxylation sites is 2. The average molecular weight is 884 g/mol. The highest BCUT2D eigenvalue weighted by atomic mass is 19.4. The van der Waals surface area contributed by atoms with Gasteiger partial charge in [-0.3, -0.25) is 9.97 Å². The van der Waals surface area contributed by atoms with Gasteiger partial charge < -0.3 is 9.13 Å². The number of alkyl halides is 3. The highest BCUT2D eigenvalue weighted by Gasteiger charge is 2.40. The number of hydrogen-bond acceptors (Lipinski definition) is 3. The smallest absolute Gasteiger partial charge is 0.309 e. The van der Waals surface area contributed by atoms with Crippen LogP contribution in [0.3, 0.4) is 0 Å². The fourth-order valence-electron chi connectivity index (χ4n) is 9.97. The van der Waals surface area contributed by atoms with Crippen molar-refractivity contribution < 1.29 is 13.2 Å². The molecule has 0 saturated carbocycles. The van der Waals surface area contributed by atoms with Gasteiger partial charge >= 0.3 is 6.18 Å². The SMILES string of the molecule is N#Cc1cccc(-c2ccc(-n3c4ccccc4c4ccc(-c5cccnc5-c5ccccc5)cc43)c(C(F)(F)F)c2-n2c3ccccc3c3ccc(-c4cccnc4-c4ccccc4)cc32)c1. The maximum absolute atomic E-state index is 17.0. The van der Waals surface area contributed by atoms with Gasteiger partial charge in [-0.1, -0.05) is 152 Å². The zero-order valence-corrected chi connectivity index (χ0v) is 36.2. The summed E-state index contributed by atoms with van der Waals surface area (Å²) in [6.07, 6.45) is -1.39. The lowest BCUT2D eigenvalue weighted by Crippen LogP contribution is -2.17. The van der Waals surface area contributed by atoms with Crippen molar-refractivity contribution in [2.24, 2.45) is 0 Å². The number of aromatic nitrogens is 4. The summed E-state index contributed by atoms with van der Waals surface area (Å²) in [6, 6.07) is 67.1. The van der Waals surface area contributed by atoms with E-state index in [2.05, 4.69) is 6.07 Å². The molecule has 68 heavy (non-hydrogen) atoms. The monoisotopic (exact) mass is 883 g/mol. The number of pyridine rings is 2. The molecule has 0 spiro atoms. The number of nitrogens with zero attached hydrogens (tertiary/aromatic N) is 5. The van der Waals surface area contributed by atoms with Crippen molar-refractivity contribution in [1.29, 1.82) is 5.26 Å². The molecule has 5 nitrogen and oxygen atoms in total. The topological polar surface area (TPSA) is 59.4 Å². The van der Waals surface area contributed by atoms with E-state index >= 15 is 13.2 Å². The first-order valence-electron chi connectivity index (χ1n) is 22.2. The van der Waals surface area contributed by atoms with Crippen molar-refractivity contribution in [2.45, 2.75) is 6.18 Å². The van der Waals surface area contributed by atoms with E-state index in [1.54, 1.807) is 57.9 Å². The molecule has 0 aliphatic rings. The van der Waals surface area contributed by atoms with Crippen LogP contribution in [0.1, 0.15) is 11.1 Å². The van der Waals surface area contributed by atoms with Crippen molar-refractivity contribution in [3.05, 3.63) is 230 Å². The molecule has 12 aromatic rings. The minimum absolute atomic E-state index is 0.0359. The summed E-state index contributed by atoms with van der Waals surface area (Å²) in [5.74, 6) is 0. The number of fused-ring (bicyclic) bond motifs is 6. The number of halogens is 3. The molecule has 4 heterocycles. The molecule has 0 N–H and O–H groups in total. The van der Waals surface area contributed by atoms with Gasteiger partial charge in [0.05, 0.1) is 56.5 Å². The summed E-state index contributed by atoms with van der Waals surface area (Å²) in [4.78, 5) is 9.57. The maximum atomic E-state index is 17.0. The van der Waals surface area contributed by atoms with Gasteiger partial charge in [-0.05, 0) is 71.3 Å². The molecule has 0 aliphatic heterocycles. The molecule has 0 atom stereocenters. The van der Waals surface area contributed by atoms with Gasteiger partial charge in [0.1, 0.15) is 5.56 Å². The third-order valence-corrected chi connectivity index (χ3v) is 12.9. The Labute approximate surface area is 388 Å². The van der Waals surface area contributed by atoms with E-state index < -0.39 is 11.7 Å². The lowest BCUT2D eigenvalue weighted by Gasteiger charge is -2.24. The molecular formula is C60H36F3N5. The van der Waals surface area contributed by atoms with E-state index in [1.165, 1.54) is 0 Å². The van der Waals surface area contributed by atoms with Crippen LogP contribution in [-0.2, 0) is 6.18 Å². The fourth-order valence-corrected chi connectivity index (χ4v) is 9.97. The zero-order chi connectivity index (χ0) is 45.9. The van der Waals surface area contributed by atoms with Crippen LogP contribution >= 0.6 is 0 Å². The van der Waals surface area contributed by atoms with Crippen LogP contribution in [0, 0.1) is 11.3 Å². The number of rotatable bonds is 7. The summed E-state index contributed by atoms with van der Waals surface area (Å²) in [7, 11) is 0. The van der Waals surface area contributed by atoms with Crippen molar-refractivity contribution in [3.63, 3.8) is 0 Å². The Morgan fingerprint density at radius 2 is 0.882 bits per heavy atom. The molecule has 8 aromatic carbocycles. The van der Waals surface area contributed by atoms with E-state index in [0.717, 1.165) is 66.3 Å². The second kappa shape index (κ2) is 16.1. The van der Waals surface area contributed by atoms with Crippen LogP contribution < -0.4 is 0 Å². The minimum Gasteiger partial charge on any atom is -0.309 e. The van der Waals surface area contributed by atoms with Crippen molar-refractivity contribution >= 4 is 43.6 Å². The molecule has 0 amide bonds. The van der Waals surface area contributed by atoms with Gasteiger partial charge in [0.15, 0.2) is 0 Å². The lowest BCUT2D eigenvalue weighted by molar-refractivity contribution is -0.137. The van der Waals surface area contributed by atoms with Crippen LogP contribution in [0.4, 0.5) is 13.2 Å². The molecular weight excluding hydrogens is 848 g/mol. The van der Waals surface area contributed by atoms with Crippen LogP contribution in [0.2, 0.25) is 0 Å². The molecule has 4 aromatic heterocycles. The van der Waals surface area contributed by atoms with E-state index in [-0.39, 0.29) is 11.4 Å². The van der Waals surface area contributed by atoms with Crippen LogP contribution in [0.25, 0.3) is 111 Å². The second-order valence-electron chi connectivity index (χ2n) is 16.7. The Hall–Kier alpha value is -9.06. The van der Waals surface area contributed by atoms with Gasteiger partial charge in [0.2, 0.25) is 0 Å². The number of benzene rings is 8. The highest BCUT2D eigenvalue weighted by Crippen LogP contribution is 2.49. The zero-order valence-electron chi connectivity index (χ0n) is 36.2. The van der Waals surface area contributed by atoms with Crippen LogP contribution in [0.15, 0.2) is 219 Å². The lowest BCUT2D eigenvalue weighted by atomic mass is 9.95. The highest BCUT2D eigenvalue weighted by molar-refractivity contribution is 6.13. The molecule has 322 valence electrons. The van der Waals surface area contributed by atoms with Gasteiger partial charge in [-0.15, -0.1) is 0 Å². The summed E-state index contributed by atoms with van der Waals surface area (Å²) < 4.78 is 54.6. The molecule has 0 aliphatic carbocycles. The summed E-state index contributed by atoms with van der Waals surface area (Å²) in [6.45, 7) is 0. The number of hydrogen-bond donors (Lipinski definition) is 0. The van der Waals surface area contributed by atoms with Crippen LogP contribution in [-0.4, -0.2) is 19.1 Å². The standard InChI is InChI=1S/C60H36F3N5/c61-60(62,63)56-53(67-51-24-9-7-20-47(51)49-28-26-42(35-54(49)67)44-22-12-32-65-57(44)39-15-3-1-4-16-39)31-30-46(41-19-11-14-38(34-41)37-64)59(56)68-52-25-10-8-21-48(52)50-29-27-43(36-55(50)68)45-23-13-33-66-58(45)40-17-5-2-6-18-40/h1-36H. The van der Waals surface area contributed by atoms with Gasteiger partial charge in [-0.2, -0.15) is 18.4 Å². The fraction of sp³-hybridized carbons (Fsp3) is 0.0167. The molecule has 0 radical (unpaired) electrons. The van der Waals surface area contributed by atoms with Crippen molar-refractivity contribution in [2.75, 3.05) is 0 Å². The van der Waals surface area contributed by atoms with Crippen molar-refractivity contribution in [3.8, 4) is 73.3 Å². The number of nitriles is 1. The van der Waals surface area contributed by atoms with E-state index in [1.807, 2.05) is 170 Å². The molecule has 0 saturated heterocycles. The first-order valence-corrected chi connectivity index (χ1v) is 22.2. The largest absolute Gasteiger partial charge is 0.420 e. The predicted octanol–water partition coefficient (Wildman–Crippen LogP) is 15.9. The first-order chi connectivity index (χ1) is 33.4. The average Bonchev–Trinajstić information content (AvgIpc) is 3.90. The third-order valence-electron chi connectivity index (χ3n) is 12.9. The minimum atomic E-state index is -4.90. The van der Waals surface area contributed by atoms with Gasteiger partial charge in [0.25, 0.3) is 0 Å². The molecule has 0 unspecified atom stereocenters. The summed E-state index contributed by atoms with van der Waals surface area (Å²) >= 11 is 0. The maximum Gasteiger partial charge on any atom is 0.420 e. The Bertz CT molecular complexity index is 3970. The summed E-state index contributed by atoms with van der Waals surface area (Å²) in [5.41, 5.74) is 9.32. The predicted molar refractivity (Wildman–Crippen MR) is 268 cm³/mol. The van der Waals surface area contributed by atoms with Crippen molar-refractivity contribution in [1.82, 2.24) is 19.1 Å². The second-order valence-corrected chi connectivity index (χ2v) is 16.7. The first kappa shape index (κ1) is 40.4. The molecule has 0 fully saturated rings. The van der Waals surface area contributed by atoms with Crippen LogP contribution in [0.5, 0.6) is 0 Å². The van der Waals surface area contributed by atoms with E-state index in [9.17, 15) is 5.26 Å². The van der Waals surface area contributed by atoms with E-state index in [4.69, 9.17) is 9.97 Å². The normalized spacial score (nSPS) is 11.7. The Balaban J connectivity index is 1.20.